The average molecular weight is 378 g/mol. The van der Waals surface area contributed by atoms with Crippen molar-refractivity contribution in [2.24, 2.45) is 0 Å². The van der Waals surface area contributed by atoms with E-state index in [1.807, 2.05) is 38.1 Å². The minimum atomic E-state index is -0.166. The van der Waals surface area contributed by atoms with E-state index in [1.54, 1.807) is 25.3 Å². The summed E-state index contributed by atoms with van der Waals surface area (Å²) in [6, 6.07) is 12.8. The van der Waals surface area contributed by atoms with E-state index in [2.05, 4.69) is 21.2 Å². The van der Waals surface area contributed by atoms with Gasteiger partial charge < -0.3 is 14.8 Å². The van der Waals surface area contributed by atoms with Crippen LogP contribution < -0.4 is 10.1 Å². The molecular formula is C18H20BrNO3. The molecule has 0 aliphatic rings. The third-order valence-electron chi connectivity index (χ3n) is 3.22. The van der Waals surface area contributed by atoms with Crippen molar-refractivity contribution in [3.05, 3.63) is 58.1 Å². The number of benzene rings is 2. The summed E-state index contributed by atoms with van der Waals surface area (Å²) in [6.07, 6.45) is 0.111. The number of hydrogen-bond donors (Lipinski definition) is 1. The number of halogens is 1. The van der Waals surface area contributed by atoms with Crippen molar-refractivity contribution in [2.45, 2.75) is 26.6 Å². The largest absolute Gasteiger partial charge is 0.496 e. The molecule has 0 bridgehead atoms. The first-order valence-electron chi connectivity index (χ1n) is 7.35. The molecule has 0 saturated carbocycles. The Hall–Kier alpha value is -1.85. The van der Waals surface area contributed by atoms with Crippen LogP contribution in [-0.2, 0) is 11.3 Å². The van der Waals surface area contributed by atoms with Gasteiger partial charge in [0.2, 0.25) is 0 Å². The Balaban J connectivity index is 2.16. The molecule has 0 heterocycles. The summed E-state index contributed by atoms with van der Waals surface area (Å²) in [4.78, 5) is 12.4. The number of nitrogens with one attached hydrogen (secondary N) is 1. The van der Waals surface area contributed by atoms with Gasteiger partial charge in [0.1, 0.15) is 5.75 Å². The lowest BCUT2D eigenvalue weighted by atomic mass is 10.1. The second kappa shape index (κ2) is 8.13. The maximum absolute atomic E-state index is 12.4. The minimum Gasteiger partial charge on any atom is -0.496 e. The van der Waals surface area contributed by atoms with E-state index in [0.717, 1.165) is 15.7 Å². The molecule has 2 rings (SSSR count). The fraction of sp³-hybridized carbons (Fsp3) is 0.278. The van der Waals surface area contributed by atoms with Crippen LogP contribution in [0.2, 0.25) is 0 Å². The monoisotopic (exact) mass is 377 g/mol. The summed E-state index contributed by atoms with van der Waals surface area (Å²) in [5.74, 6) is 0.548. The predicted octanol–water partition coefficient (Wildman–Crippen LogP) is 4.64. The van der Waals surface area contributed by atoms with E-state index in [1.165, 1.54) is 0 Å². The van der Waals surface area contributed by atoms with Crippen LogP contribution in [0.15, 0.2) is 46.9 Å². The number of carbonyl (C=O) groups is 1. The Labute approximate surface area is 144 Å². The summed E-state index contributed by atoms with van der Waals surface area (Å²) < 4.78 is 11.9. The molecule has 0 aliphatic heterocycles. The van der Waals surface area contributed by atoms with Gasteiger partial charge in [-0.1, -0.05) is 15.9 Å². The van der Waals surface area contributed by atoms with Crippen LogP contribution in [0.1, 0.15) is 29.8 Å². The van der Waals surface area contributed by atoms with Gasteiger partial charge in [0, 0.05) is 21.3 Å². The highest BCUT2D eigenvalue weighted by Crippen LogP contribution is 2.22. The van der Waals surface area contributed by atoms with Gasteiger partial charge in [-0.3, -0.25) is 4.79 Å². The molecule has 0 aliphatic carbocycles. The van der Waals surface area contributed by atoms with Crippen LogP contribution in [-0.4, -0.2) is 19.1 Å². The standard InChI is InChI=1S/C18H20BrNO3/c1-12(2)23-11-14-10-13(4-9-17(14)22-3)18(21)20-16-7-5-15(19)6-8-16/h4-10,12H,11H2,1-3H3,(H,20,21). The fourth-order valence-corrected chi connectivity index (χ4v) is 2.29. The zero-order chi connectivity index (χ0) is 16.8. The third kappa shape index (κ3) is 5.08. The molecule has 2 aromatic rings. The van der Waals surface area contributed by atoms with E-state index in [9.17, 15) is 4.79 Å². The lowest BCUT2D eigenvalue weighted by Crippen LogP contribution is -2.13. The first kappa shape index (κ1) is 17.5. The van der Waals surface area contributed by atoms with Crippen molar-refractivity contribution < 1.29 is 14.3 Å². The lowest BCUT2D eigenvalue weighted by Gasteiger charge is -2.13. The molecule has 0 aromatic heterocycles. The lowest BCUT2D eigenvalue weighted by molar-refractivity contribution is 0.0644. The summed E-state index contributed by atoms with van der Waals surface area (Å²) >= 11 is 3.37. The number of rotatable bonds is 6. The molecule has 0 radical (unpaired) electrons. The SMILES string of the molecule is COc1ccc(C(=O)Nc2ccc(Br)cc2)cc1COC(C)C. The van der Waals surface area contributed by atoms with Crippen molar-refractivity contribution in [3.8, 4) is 5.75 Å². The van der Waals surface area contributed by atoms with Gasteiger partial charge in [-0.25, -0.2) is 0 Å². The molecule has 23 heavy (non-hydrogen) atoms. The molecule has 0 saturated heterocycles. The van der Waals surface area contributed by atoms with Gasteiger partial charge in [0.05, 0.1) is 19.8 Å². The Morgan fingerprint density at radius 3 is 2.48 bits per heavy atom. The summed E-state index contributed by atoms with van der Waals surface area (Å²) in [5.41, 5.74) is 2.16. The zero-order valence-corrected chi connectivity index (χ0v) is 15.0. The number of hydrogen-bond acceptors (Lipinski definition) is 3. The zero-order valence-electron chi connectivity index (χ0n) is 13.4. The topological polar surface area (TPSA) is 47.6 Å². The van der Waals surface area contributed by atoms with Gasteiger partial charge in [0.15, 0.2) is 0 Å². The molecule has 2 aromatic carbocycles. The quantitative estimate of drug-likeness (QED) is 0.797. The van der Waals surface area contributed by atoms with Crippen LogP contribution >= 0.6 is 15.9 Å². The number of amides is 1. The highest BCUT2D eigenvalue weighted by atomic mass is 79.9. The fourth-order valence-electron chi connectivity index (χ4n) is 2.03. The molecule has 1 N–H and O–H groups in total. The van der Waals surface area contributed by atoms with Gasteiger partial charge >= 0.3 is 0 Å². The average Bonchev–Trinajstić information content (AvgIpc) is 2.54. The molecule has 0 atom stereocenters. The van der Waals surface area contributed by atoms with Gasteiger partial charge in [-0.2, -0.15) is 0 Å². The van der Waals surface area contributed by atoms with Gasteiger partial charge in [0.25, 0.3) is 5.91 Å². The molecule has 1 amide bonds. The summed E-state index contributed by atoms with van der Waals surface area (Å²) in [5, 5.41) is 2.87. The normalized spacial score (nSPS) is 10.7. The van der Waals surface area contributed by atoms with Crippen LogP contribution in [0.4, 0.5) is 5.69 Å². The van der Waals surface area contributed by atoms with E-state index in [0.29, 0.717) is 17.9 Å². The van der Waals surface area contributed by atoms with Crippen LogP contribution in [0.5, 0.6) is 5.75 Å². The summed E-state index contributed by atoms with van der Waals surface area (Å²) in [6.45, 7) is 4.34. The van der Waals surface area contributed by atoms with E-state index >= 15 is 0 Å². The van der Waals surface area contributed by atoms with Crippen molar-refractivity contribution >= 4 is 27.5 Å². The van der Waals surface area contributed by atoms with E-state index in [4.69, 9.17) is 9.47 Å². The molecular weight excluding hydrogens is 358 g/mol. The molecule has 122 valence electrons. The summed E-state index contributed by atoms with van der Waals surface area (Å²) in [7, 11) is 1.61. The Morgan fingerprint density at radius 2 is 1.87 bits per heavy atom. The number of anilines is 1. The highest BCUT2D eigenvalue weighted by Gasteiger charge is 2.11. The number of carbonyl (C=O) groups excluding carboxylic acids is 1. The number of ether oxygens (including phenoxy) is 2. The Morgan fingerprint density at radius 1 is 1.17 bits per heavy atom. The second-order valence-electron chi connectivity index (χ2n) is 5.35. The minimum absolute atomic E-state index is 0.111. The Bertz CT molecular complexity index is 668. The van der Waals surface area contributed by atoms with Crippen molar-refractivity contribution in [3.63, 3.8) is 0 Å². The van der Waals surface area contributed by atoms with Gasteiger partial charge in [-0.05, 0) is 56.3 Å². The van der Waals surface area contributed by atoms with Crippen LogP contribution in [0.25, 0.3) is 0 Å². The van der Waals surface area contributed by atoms with E-state index < -0.39 is 0 Å². The first-order valence-corrected chi connectivity index (χ1v) is 8.14. The smallest absolute Gasteiger partial charge is 0.255 e. The predicted molar refractivity (Wildman–Crippen MR) is 95.0 cm³/mol. The third-order valence-corrected chi connectivity index (χ3v) is 3.75. The van der Waals surface area contributed by atoms with Gasteiger partial charge in [-0.15, -0.1) is 0 Å². The maximum Gasteiger partial charge on any atom is 0.255 e. The van der Waals surface area contributed by atoms with Crippen LogP contribution in [0.3, 0.4) is 0 Å². The van der Waals surface area contributed by atoms with Crippen molar-refractivity contribution in [2.75, 3.05) is 12.4 Å². The van der Waals surface area contributed by atoms with E-state index in [-0.39, 0.29) is 12.0 Å². The molecule has 0 spiro atoms. The Kier molecular flexibility index (Phi) is 6.19. The molecule has 0 unspecified atom stereocenters. The maximum atomic E-state index is 12.4. The molecule has 0 fully saturated rings. The molecule has 4 nitrogen and oxygen atoms in total. The van der Waals surface area contributed by atoms with Crippen LogP contribution in [0, 0.1) is 0 Å². The number of methoxy groups -OCH3 is 1. The van der Waals surface area contributed by atoms with Crippen molar-refractivity contribution in [1.82, 2.24) is 0 Å². The highest BCUT2D eigenvalue weighted by molar-refractivity contribution is 9.10. The molecule has 5 heteroatoms. The second-order valence-corrected chi connectivity index (χ2v) is 6.26. The first-order chi connectivity index (χ1) is 11.0. The van der Waals surface area contributed by atoms with Crippen molar-refractivity contribution in [1.29, 1.82) is 0 Å².